The van der Waals surface area contributed by atoms with Crippen LogP contribution in [0.15, 0.2) is 104 Å². The Morgan fingerprint density at radius 3 is 2.40 bits per heavy atom. The van der Waals surface area contributed by atoms with Gasteiger partial charge in [0.15, 0.2) is 0 Å². The van der Waals surface area contributed by atoms with E-state index in [-0.39, 0.29) is 6.04 Å². The maximum Gasteiger partial charge on any atom is 0.352 e. The highest BCUT2D eigenvalue weighted by atomic mass is 16.5. The van der Waals surface area contributed by atoms with Gasteiger partial charge in [-0.15, -0.1) is 6.58 Å². The Kier molecular flexibility index (Phi) is 8.90. The molecular formula is C35H38N2O5. The summed E-state index contributed by atoms with van der Waals surface area (Å²) in [6, 6.07) is 25.8. The summed E-state index contributed by atoms with van der Waals surface area (Å²) >= 11 is 0. The van der Waals surface area contributed by atoms with Gasteiger partial charge >= 0.3 is 5.97 Å². The number of carbonyl (C=O) groups is 1. The number of rotatable bonds is 8. The molecule has 42 heavy (non-hydrogen) atoms. The third kappa shape index (κ3) is 6.03. The molecule has 7 nitrogen and oxygen atoms in total. The summed E-state index contributed by atoms with van der Waals surface area (Å²) in [5.41, 5.74) is 1.07. The fourth-order valence-corrected chi connectivity index (χ4v) is 6.15. The van der Waals surface area contributed by atoms with Gasteiger partial charge in [-0.3, -0.25) is 9.88 Å². The zero-order chi connectivity index (χ0) is 29.7. The van der Waals surface area contributed by atoms with Crippen LogP contribution >= 0.6 is 0 Å². The van der Waals surface area contributed by atoms with Crippen LogP contribution in [0, 0.1) is 11.8 Å². The van der Waals surface area contributed by atoms with Crippen molar-refractivity contribution in [2.24, 2.45) is 11.8 Å². The molecule has 3 aromatic carbocycles. The van der Waals surface area contributed by atoms with Crippen LogP contribution in [-0.2, 0) is 10.4 Å². The summed E-state index contributed by atoms with van der Waals surface area (Å²) in [5.74, 6) is 1.52. The van der Waals surface area contributed by atoms with E-state index in [1.54, 1.807) is 56.6 Å². The molecule has 1 aromatic heterocycles. The molecule has 7 heteroatoms. The Bertz CT molecular complexity index is 1510. The summed E-state index contributed by atoms with van der Waals surface area (Å²) in [6.07, 6.45) is 5.62. The van der Waals surface area contributed by atoms with Crippen molar-refractivity contribution in [1.29, 1.82) is 0 Å². The van der Waals surface area contributed by atoms with Crippen LogP contribution in [-0.4, -0.2) is 52.3 Å². The van der Waals surface area contributed by atoms with Crippen molar-refractivity contribution in [2.75, 3.05) is 20.2 Å². The van der Waals surface area contributed by atoms with E-state index < -0.39 is 17.7 Å². The molecule has 2 bridgehead atoms. The second-order valence-corrected chi connectivity index (χ2v) is 11.1. The number of hydrogen-bond donors (Lipinski definition) is 2. The predicted molar refractivity (Wildman–Crippen MR) is 164 cm³/mol. The SMILES string of the molecule is C=C[C@H]1CN2CC[C@H]1C[C@H]2[C@H](O)c1ccnc2ccc(OC)cc12.C[C@](Oc1ccccc1)(C(=O)O)c1ccccc1. The Morgan fingerprint density at radius 1 is 1.07 bits per heavy atom. The van der Waals surface area contributed by atoms with Crippen molar-refractivity contribution in [3.63, 3.8) is 0 Å². The summed E-state index contributed by atoms with van der Waals surface area (Å²) in [5, 5.41) is 21.6. The summed E-state index contributed by atoms with van der Waals surface area (Å²) in [7, 11) is 1.66. The lowest BCUT2D eigenvalue weighted by molar-refractivity contribution is -0.154. The number of aromatic nitrogens is 1. The molecular weight excluding hydrogens is 528 g/mol. The van der Waals surface area contributed by atoms with E-state index >= 15 is 0 Å². The second kappa shape index (κ2) is 12.8. The first-order valence-corrected chi connectivity index (χ1v) is 14.3. The molecule has 3 fully saturated rings. The van der Waals surface area contributed by atoms with Crippen LogP contribution < -0.4 is 9.47 Å². The first-order valence-electron chi connectivity index (χ1n) is 14.3. The number of piperidine rings is 3. The number of pyridine rings is 1. The van der Waals surface area contributed by atoms with Gasteiger partial charge < -0.3 is 19.7 Å². The number of carboxylic acids is 1. The fraction of sp³-hybridized carbons (Fsp3) is 0.314. The van der Waals surface area contributed by atoms with Crippen LogP contribution in [0.1, 0.15) is 37.0 Å². The first kappa shape index (κ1) is 29.3. The third-order valence-electron chi connectivity index (χ3n) is 8.62. The highest BCUT2D eigenvalue weighted by Crippen LogP contribution is 2.42. The van der Waals surface area contributed by atoms with Gasteiger partial charge in [0.2, 0.25) is 5.60 Å². The molecule has 6 atom stereocenters. The average molecular weight is 567 g/mol. The van der Waals surface area contributed by atoms with Gasteiger partial charge in [-0.1, -0.05) is 54.6 Å². The van der Waals surface area contributed by atoms with Crippen molar-refractivity contribution < 1.29 is 24.5 Å². The largest absolute Gasteiger partial charge is 0.497 e. The van der Waals surface area contributed by atoms with E-state index in [1.807, 2.05) is 48.5 Å². The maximum atomic E-state index is 11.5. The van der Waals surface area contributed by atoms with Gasteiger partial charge in [-0.05, 0) is 80.1 Å². The number of aliphatic carboxylic acids is 1. The Hall–Kier alpha value is -4.20. The maximum absolute atomic E-state index is 11.5. The summed E-state index contributed by atoms with van der Waals surface area (Å²) in [6.45, 7) is 7.62. The lowest BCUT2D eigenvalue weighted by Crippen LogP contribution is -2.54. The molecule has 4 aromatic rings. The number of carboxylic acid groups (broad SMARTS) is 1. The van der Waals surface area contributed by atoms with E-state index in [9.17, 15) is 15.0 Å². The highest BCUT2D eigenvalue weighted by Gasteiger charge is 2.42. The van der Waals surface area contributed by atoms with Crippen LogP contribution in [0.2, 0.25) is 0 Å². The molecule has 0 radical (unpaired) electrons. The van der Waals surface area contributed by atoms with E-state index in [1.165, 1.54) is 6.42 Å². The minimum Gasteiger partial charge on any atom is -0.497 e. The zero-order valence-corrected chi connectivity index (χ0v) is 24.1. The standard InChI is InChI=1S/C20H24N2O2.C15H14O3/c1-3-13-12-22-9-7-14(13)10-19(22)20(23)16-6-8-21-18-5-4-15(24-2)11-17(16)18;1-15(14(16)17,12-8-4-2-5-9-12)18-13-10-6-3-7-11-13/h3-6,8,11,13-14,19-20,23H,1,7,9-10,12H2,2H3;2-11H,1H3,(H,16,17)/t13-,14-,19-,20+;15-/m01/s1. The third-order valence-corrected chi connectivity index (χ3v) is 8.62. The number of benzene rings is 3. The molecule has 218 valence electrons. The highest BCUT2D eigenvalue weighted by molar-refractivity contribution is 5.84. The molecule has 2 N–H and O–H groups in total. The molecule has 4 heterocycles. The van der Waals surface area contributed by atoms with E-state index in [2.05, 4.69) is 22.5 Å². The molecule has 0 saturated carbocycles. The molecule has 3 saturated heterocycles. The quantitative estimate of drug-likeness (QED) is 0.244. The van der Waals surface area contributed by atoms with Gasteiger partial charge in [0.25, 0.3) is 0 Å². The Balaban J connectivity index is 0.000000176. The lowest BCUT2D eigenvalue weighted by atomic mass is 9.73. The van der Waals surface area contributed by atoms with Crippen LogP contribution in [0.25, 0.3) is 10.9 Å². The number of aliphatic hydroxyl groups is 1. The normalized spacial score (nSPS) is 23.1. The average Bonchev–Trinajstić information content (AvgIpc) is 3.05. The van der Waals surface area contributed by atoms with Gasteiger partial charge in [-0.25, -0.2) is 4.79 Å². The molecule has 7 rings (SSSR count). The van der Waals surface area contributed by atoms with Crippen molar-refractivity contribution in [3.05, 3.63) is 115 Å². The molecule has 1 unspecified atom stereocenters. The van der Waals surface area contributed by atoms with Crippen LogP contribution in [0.4, 0.5) is 0 Å². The zero-order valence-electron chi connectivity index (χ0n) is 24.1. The molecule has 0 spiro atoms. The van der Waals surface area contributed by atoms with E-state index in [4.69, 9.17) is 9.47 Å². The van der Waals surface area contributed by atoms with Gasteiger partial charge in [0.1, 0.15) is 11.5 Å². The van der Waals surface area contributed by atoms with Gasteiger partial charge in [-0.2, -0.15) is 0 Å². The Labute approximate surface area is 247 Å². The number of ether oxygens (including phenoxy) is 2. The summed E-state index contributed by atoms with van der Waals surface area (Å²) in [4.78, 5) is 18.4. The molecule has 0 amide bonds. The lowest BCUT2D eigenvalue weighted by Gasteiger charge is -2.50. The number of hydrogen-bond acceptors (Lipinski definition) is 6. The van der Waals surface area contributed by atoms with E-state index in [0.29, 0.717) is 23.1 Å². The predicted octanol–water partition coefficient (Wildman–Crippen LogP) is 6.24. The van der Waals surface area contributed by atoms with Crippen LogP contribution in [0.3, 0.4) is 0 Å². The monoisotopic (exact) mass is 566 g/mol. The second-order valence-electron chi connectivity index (χ2n) is 11.1. The summed E-state index contributed by atoms with van der Waals surface area (Å²) < 4.78 is 11.0. The van der Waals surface area contributed by atoms with Crippen LogP contribution in [0.5, 0.6) is 11.5 Å². The Morgan fingerprint density at radius 2 is 1.79 bits per heavy atom. The number of methoxy groups -OCH3 is 1. The smallest absolute Gasteiger partial charge is 0.352 e. The minimum atomic E-state index is -1.39. The molecule has 3 aliphatic heterocycles. The molecule has 3 aliphatic rings. The molecule has 0 aliphatic carbocycles. The van der Waals surface area contributed by atoms with Crippen molar-refractivity contribution >= 4 is 16.9 Å². The van der Waals surface area contributed by atoms with E-state index in [0.717, 1.165) is 41.7 Å². The van der Waals surface area contributed by atoms with Crippen molar-refractivity contribution in [2.45, 2.75) is 37.5 Å². The minimum absolute atomic E-state index is 0.178. The number of nitrogens with zero attached hydrogens (tertiary/aromatic N) is 2. The van der Waals surface area contributed by atoms with Crippen molar-refractivity contribution in [3.8, 4) is 11.5 Å². The van der Waals surface area contributed by atoms with Gasteiger partial charge in [0, 0.05) is 29.7 Å². The number of para-hydroxylation sites is 1. The van der Waals surface area contributed by atoms with Gasteiger partial charge in [0.05, 0.1) is 18.7 Å². The van der Waals surface area contributed by atoms with Crippen molar-refractivity contribution in [1.82, 2.24) is 9.88 Å². The first-order chi connectivity index (χ1) is 20.3. The topological polar surface area (TPSA) is 92.1 Å². The number of aliphatic hydroxyl groups excluding tert-OH is 1. The fourth-order valence-electron chi connectivity index (χ4n) is 6.15. The number of fused-ring (bicyclic) bond motifs is 4.